The van der Waals surface area contributed by atoms with E-state index in [1.807, 2.05) is 0 Å². The second kappa shape index (κ2) is 6.20. The molecule has 1 heterocycles. The Morgan fingerprint density at radius 1 is 1.43 bits per heavy atom. The number of rotatable bonds is 3. The largest absolute Gasteiger partial charge is 0.349 e. The zero-order valence-corrected chi connectivity index (χ0v) is 12.0. The second-order valence-corrected chi connectivity index (χ2v) is 5.40. The van der Waals surface area contributed by atoms with Crippen LogP contribution in [0, 0.1) is 17.6 Å². The lowest BCUT2D eigenvalue weighted by Crippen LogP contribution is -2.42. The van der Waals surface area contributed by atoms with Crippen molar-refractivity contribution in [2.75, 3.05) is 13.6 Å². The number of nitrogens with zero attached hydrogens (tertiary/aromatic N) is 1. The fourth-order valence-electron chi connectivity index (χ4n) is 2.43. The summed E-state index contributed by atoms with van der Waals surface area (Å²) in [6.45, 7) is 2.17. The van der Waals surface area contributed by atoms with Crippen molar-refractivity contribution in [3.63, 3.8) is 0 Å². The molecule has 0 saturated carbocycles. The number of piperidine rings is 1. The highest BCUT2D eigenvalue weighted by atomic mass is 19.1. The van der Waals surface area contributed by atoms with E-state index in [1.165, 1.54) is 6.07 Å². The molecule has 0 aliphatic carbocycles. The molecular weight excluding hydrogens is 278 g/mol. The minimum Gasteiger partial charge on any atom is -0.349 e. The SMILES string of the molecule is CC(NC(=O)C1CCN(C)C(=O)C1)c1ccc(F)cc1F. The van der Waals surface area contributed by atoms with Gasteiger partial charge in [-0.2, -0.15) is 0 Å². The molecule has 21 heavy (non-hydrogen) atoms. The van der Waals surface area contributed by atoms with E-state index in [0.717, 1.165) is 12.1 Å². The van der Waals surface area contributed by atoms with E-state index in [4.69, 9.17) is 0 Å². The molecule has 1 aromatic rings. The summed E-state index contributed by atoms with van der Waals surface area (Å²) < 4.78 is 26.5. The molecule has 0 spiro atoms. The zero-order chi connectivity index (χ0) is 15.6. The number of benzene rings is 1. The topological polar surface area (TPSA) is 49.4 Å². The third-order valence-corrected chi connectivity index (χ3v) is 3.82. The monoisotopic (exact) mass is 296 g/mol. The molecule has 0 bridgehead atoms. The summed E-state index contributed by atoms with van der Waals surface area (Å²) >= 11 is 0. The molecule has 6 heteroatoms. The quantitative estimate of drug-likeness (QED) is 0.927. The Balaban J connectivity index is 2.00. The highest BCUT2D eigenvalue weighted by molar-refractivity contribution is 5.87. The van der Waals surface area contributed by atoms with Gasteiger partial charge in [0.2, 0.25) is 11.8 Å². The van der Waals surface area contributed by atoms with Gasteiger partial charge in [0.1, 0.15) is 11.6 Å². The highest BCUT2D eigenvalue weighted by Crippen LogP contribution is 2.21. The molecule has 2 rings (SSSR count). The number of carbonyl (C=O) groups excluding carboxylic acids is 2. The standard InChI is InChI=1S/C15H18F2N2O2/c1-9(12-4-3-11(16)8-13(12)17)18-15(21)10-5-6-19(2)14(20)7-10/h3-4,8-10H,5-7H2,1-2H3,(H,18,21). The first-order valence-electron chi connectivity index (χ1n) is 6.87. The van der Waals surface area contributed by atoms with Crippen molar-refractivity contribution in [2.45, 2.75) is 25.8 Å². The first-order chi connectivity index (χ1) is 9.88. The number of halogens is 2. The second-order valence-electron chi connectivity index (χ2n) is 5.40. The van der Waals surface area contributed by atoms with Gasteiger partial charge in [-0.25, -0.2) is 8.78 Å². The number of hydrogen-bond donors (Lipinski definition) is 1. The van der Waals surface area contributed by atoms with Crippen molar-refractivity contribution in [1.29, 1.82) is 0 Å². The third kappa shape index (κ3) is 3.56. The van der Waals surface area contributed by atoms with Gasteiger partial charge in [-0.05, 0) is 19.4 Å². The van der Waals surface area contributed by atoms with Crippen LogP contribution in [0.15, 0.2) is 18.2 Å². The smallest absolute Gasteiger partial charge is 0.224 e. The predicted octanol–water partition coefficient (Wildman–Crippen LogP) is 2.01. The summed E-state index contributed by atoms with van der Waals surface area (Å²) in [5.74, 6) is -2.08. The molecule has 0 aromatic heterocycles. The molecule has 0 radical (unpaired) electrons. The first-order valence-corrected chi connectivity index (χ1v) is 6.87. The summed E-state index contributed by atoms with van der Waals surface area (Å²) in [6, 6.07) is 2.68. The highest BCUT2D eigenvalue weighted by Gasteiger charge is 2.29. The summed E-state index contributed by atoms with van der Waals surface area (Å²) in [7, 11) is 1.70. The average molecular weight is 296 g/mol. The van der Waals surface area contributed by atoms with Crippen molar-refractivity contribution in [1.82, 2.24) is 10.2 Å². The molecule has 1 saturated heterocycles. The maximum Gasteiger partial charge on any atom is 0.224 e. The Morgan fingerprint density at radius 3 is 2.76 bits per heavy atom. The molecule has 1 aliphatic heterocycles. The third-order valence-electron chi connectivity index (χ3n) is 3.82. The number of hydrogen-bond acceptors (Lipinski definition) is 2. The van der Waals surface area contributed by atoms with Gasteiger partial charge >= 0.3 is 0 Å². The Labute approximate surface area is 122 Å². The van der Waals surface area contributed by atoms with Crippen LogP contribution in [0.1, 0.15) is 31.4 Å². The Kier molecular flexibility index (Phi) is 4.55. The number of amides is 2. The fraction of sp³-hybridized carbons (Fsp3) is 0.467. The molecule has 2 amide bonds. The van der Waals surface area contributed by atoms with Crippen molar-refractivity contribution < 1.29 is 18.4 Å². The maximum absolute atomic E-state index is 13.7. The van der Waals surface area contributed by atoms with E-state index in [9.17, 15) is 18.4 Å². The van der Waals surface area contributed by atoms with Gasteiger partial charge in [0.05, 0.1) is 6.04 Å². The van der Waals surface area contributed by atoms with E-state index in [1.54, 1.807) is 18.9 Å². The van der Waals surface area contributed by atoms with Crippen LogP contribution in [-0.2, 0) is 9.59 Å². The molecular formula is C15H18F2N2O2. The Hall–Kier alpha value is -1.98. The normalized spacial score (nSPS) is 20.3. The molecule has 2 atom stereocenters. The van der Waals surface area contributed by atoms with Crippen LogP contribution in [0.3, 0.4) is 0 Å². The summed E-state index contributed by atoms with van der Waals surface area (Å²) in [5.41, 5.74) is 0.226. The Bertz CT molecular complexity index is 563. The minimum absolute atomic E-state index is 0.0676. The predicted molar refractivity (Wildman–Crippen MR) is 73.3 cm³/mol. The van der Waals surface area contributed by atoms with E-state index < -0.39 is 17.7 Å². The van der Waals surface area contributed by atoms with Gasteiger partial charge < -0.3 is 10.2 Å². The summed E-state index contributed by atoms with van der Waals surface area (Å²) in [6.07, 6.45) is 0.758. The number of nitrogens with one attached hydrogen (secondary N) is 1. The molecule has 1 fully saturated rings. The van der Waals surface area contributed by atoms with Gasteiger partial charge in [0.25, 0.3) is 0 Å². The minimum atomic E-state index is -0.692. The van der Waals surface area contributed by atoms with E-state index in [0.29, 0.717) is 13.0 Å². The van der Waals surface area contributed by atoms with E-state index in [2.05, 4.69) is 5.32 Å². The number of carbonyl (C=O) groups is 2. The molecule has 4 nitrogen and oxygen atoms in total. The first kappa shape index (κ1) is 15.4. The van der Waals surface area contributed by atoms with E-state index >= 15 is 0 Å². The van der Waals surface area contributed by atoms with Crippen LogP contribution in [-0.4, -0.2) is 30.3 Å². The van der Waals surface area contributed by atoms with Crippen LogP contribution in [0.2, 0.25) is 0 Å². The van der Waals surface area contributed by atoms with Gasteiger partial charge in [-0.1, -0.05) is 6.07 Å². The molecule has 1 aromatic carbocycles. The Morgan fingerprint density at radius 2 is 2.14 bits per heavy atom. The van der Waals surface area contributed by atoms with Crippen LogP contribution in [0.5, 0.6) is 0 Å². The van der Waals surface area contributed by atoms with Crippen molar-refractivity contribution >= 4 is 11.8 Å². The lowest BCUT2D eigenvalue weighted by atomic mass is 9.95. The maximum atomic E-state index is 13.7. The van der Waals surface area contributed by atoms with Gasteiger partial charge in [0.15, 0.2) is 0 Å². The van der Waals surface area contributed by atoms with Gasteiger partial charge in [-0.3, -0.25) is 9.59 Å². The summed E-state index contributed by atoms with van der Waals surface area (Å²) in [5, 5.41) is 2.69. The van der Waals surface area contributed by atoms with Crippen molar-refractivity contribution in [3.05, 3.63) is 35.4 Å². The molecule has 1 N–H and O–H groups in total. The fourth-order valence-corrected chi connectivity index (χ4v) is 2.43. The molecule has 2 unspecified atom stereocenters. The van der Waals surface area contributed by atoms with Crippen LogP contribution in [0.25, 0.3) is 0 Å². The van der Waals surface area contributed by atoms with Crippen LogP contribution >= 0.6 is 0 Å². The summed E-state index contributed by atoms with van der Waals surface area (Å²) in [4.78, 5) is 25.3. The van der Waals surface area contributed by atoms with E-state index in [-0.39, 0.29) is 29.7 Å². The zero-order valence-electron chi connectivity index (χ0n) is 12.0. The van der Waals surface area contributed by atoms with Gasteiger partial charge in [0, 0.05) is 37.6 Å². The number of likely N-dealkylation sites (tertiary alicyclic amines) is 1. The average Bonchev–Trinajstić information content (AvgIpc) is 2.41. The molecule has 1 aliphatic rings. The van der Waals surface area contributed by atoms with Crippen LogP contribution in [0.4, 0.5) is 8.78 Å². The molecule has 114 valence electrons. The van der Waals surface area contributed by atoms with Crippen LogP contribution < -0.4 is 5.32 Å². The lowest BCUT2D eigenvalue weighted by molar-refractivity contribution is -0.139. The lowest BCUT2D eigenvalue weighted by Gasteiger charge is -2.29. The van der Waals surface area contributed by atoms with Crippen molar-refractivity contribution in [2.24, 2.45) is 5.92 Å². The van der Waals surface area contributed by atoms with Gasteiger partial charge in [-0.15, -0.1) is 0 Å². The van der Waals surface area contributed by atoms with Crippen molar-refractivity contribution in [3.8, 4) is 0 Å².